The van der Waals surface area contributed by atoms with E-state index in [0.29, 0.717) is 24.6 Å². The van der Waals surface area contributed by atoms with Crippen molar-refractivity contribution in [2.75, 3.05) is 18.1 Å². The van der Waals surface area contributed by atoms with E-state index < -0.39 is 5.95 Å². The molecule has 0 N–H and O–H groups in total. The highest BCUT2D eigenvalue weighted by molar-refractivity contribution is 6.05. The van der Waals surface area contributed by atoms with E-state index in [-0.39, 0.29) is 11.6 Å². The van der Waals surface area contributed by atoms with Crippen LogP contribution in [-0.2, 0) is 0 Å². The minimum atomic E-state index is -0.657. The van der Waals surface area contributed by atoms with Crippen LogP contribution >= 0.6 is 0 Å². The van der Waals surface area contributed by atoms with Crippen LogP contribution in [0.5, 0.6) is 5.75 Å². The molecule has 1 amide bonds. The van der Waals surface area contributed by atoms with E-state index in [9.17, 15) is 9.18 Å². The summed E-state index contributed by atoms with van der Waals surface area (Å²) in [6.07, 6.45) is 0.718. The molecule has 20 heavy (non-hydrogen) atoms. The van der Waals surface area contributed by atoms with E-state index in [1.807, 2.05) is 24.3 Å². The summed E-state index contributed by atoms with van der Waals surface area (Å²) in [5.41, 5.74) is 0.794. The molecule has 1 aromatic heterocycles. The molecule has 2 aromatic rings. The second kappa shape index (κ2) is 5.28. The largest absolute Gasteiger partial charge is 0.491 e. The summed E-state index contributed by atoms with van der Waals surface area (Å²) in [6.45, 7) is 1.07. The van der Waals surface area contributed by atoms with E-state index in [1.165, 1.54) is 18.2 Å². The van der Waals surface area contributed by atoms with Gasteiger partial charge in [-0.25, -0.2) is 4.98 Å². The molecule has 0 saturated carbocycles. The van der Waals surface area contributed by atoms with Gasteiger partial charge in [-0.15, -0.1) is 0 Å². The first-order chi connectivity index (χ1) is 9.75. The monoisotopic (exact) mass is 272 g/mol. The van der Waals surface area contributed by atoms with E-state index in [0.717, 1.165) is 6.42 Å². The number of halogens is 1. The lowest BCUT2D eigenvalue weighted by Gasteiger charge is -2.21. The summed E-state index contributed by atoms with van der Waals surface area (Å²) in [6, 6.07) is 11.5. The van der Waals surface area contributed by atoms with Crippen molar-refractivity contribution in [2.24, 2.45) is 0 Å². The Bertz CT molecular complexity index is 645. The van der Waals surface area contributed by atoms with Gasteiger partial charge in [-0.3, -0.25) is 4.79 Å². The lowest BCUT2D eigenvalue weighted by molar-refractivity contribution is 0.0981. The third-order valence-corrected chi connectivity index (χ3v) is 3.12. The first-order valence-electron chi connectivity index (χ1n) is 6.42. The minimum Gasteiger partial charge on any atom is -0.491 e. The van der Waals surface area contributed by atoms with Crippen LogP contribution in [-0.4, -0.2) is 24.0 Å². The number of benzene rings is 1. The molecular formula is C15H13FN2O2. The van der Waals surface area contributed by atoms with Gasteiger partial charge in [0.15, 0.2) is 0 Å². The maximum atomic E-state index is 13.2. The average Bonchev–Trinajstić information content (AvgIpc) is 2.69. The molecule has 0 spiro atoms. The van der Waals surface area contributed by atoms with Crippen LogP contribution in [0.3, 0.4) is 0 Å². The van der Waals surface area contributed by atoms with Crippen LogP contribution in [0.4, 0.5) is 10.1 Å². The Labute approximate surface area is 115 Å². The fraction of sp³-hybridized carbons (Fsp3) is 0.200. The van der Waals surface area contributed by atoms with Gasteiger partial charge in [0.25, 0.3) is 5.91 Å². The topological polar surface area (TPSA) is 42.4 Å². The van der Waals surface area contributed by atoms with Gasteiger partial charge in [0.05, 0.1) is 12.3 Å². The van der Waals surface area contributed by atoms with E-state index in [1.54, 1.807) is 4.90 Å². The van der Waals surface area contributed by atoms with Gasteiger partial charge in [-0.05, 0) is 30.7 Å². The smallest absolute Gasteiger partial charge is 0.277 e. The van der Waals surface area contributed by atoms with Crippen molar-refractivity contribution in [3.05, 3.63) is 54.1 Å². The molecule has 4 nitrogen and oxygen atoms in total. The molecule has 0 aliphatic carbocycles. The molecule has 102 valence electrons. The van der Waals surface area contributed by atoms with Crippen LogP contribution in [0.15, 0.2) is 42.5 Å². The van der Waals surface area contributed by atoms with Crippen molar-refractivity contribution < 1.29 is 13.9 Å². The summed E-state index contributed by atoms with van der Waals surface area (Å²) in [4.78, 5) is 17.7. The van der Waals surface area contributed by atoms with Gasteiger partial charge in [0.2, 0.25) is 5.95 Å². The molecule has 0 atom stereocenters. The zero-order chi connectivity index (χ0) is 13.9. The van der Waals surface area contributed by atoms with Crippen molar-refractivity contribution in [3.8, 4) is 5.75 Å². The van der Waals surface area contributed by atoms with Crippen LogP contribution in [0.2, 0.25) is 0 Å². The highest BCUT2D eigenvalue weighted by Crippen LogP contribution is 2.31. The minimum absolute atomic E-state index is 0.0988. The Morgan fingerprint density at radius 2 is 2.05 bits per heavy atom. The van der Waals surface area contributed by atoms with Crippen LogP contribution in [0, 0.1) is 5.95 Å². The van der Waals surface area contributed by atoms with Gasteiger partial charge in [0, 0.05) is 6.54 Å². The van der Waals surface area contributed by atoms with Crippen molar-refractivity contribution in [1.29, 1.82) is 0 Å². The number of carbonyl (C=O) groups is 1. The molecule has 0 saturated heterocycles. The van der Waals surface area contributed by atoms with Crippen molar-refractivity contribution >= 4 is 11.6 Å². The van der Waals surface area contributed by atoms with Crippen molar-refractivity contribution in [1.82, 2.24) is 4.98 Å². The van der Waals surface area contributed by atoms with Gasteiger partial charge < -0.3 is 9.64 Å². The summed E-state index contributed by atoms with van der Waals surface area (Å²) in [7, 11) is 0. The zero-order valence-corrected chi connectivity index (χ0v) is 10.8. The second-order valence-corrected chi connectivity index (χ2v) is 4.47. The van der Waals surface area contributed by atoms with Gasteiger partial charge in [0.1, 0.15) is 11.4 Å². The number of amides is 1. The molecule has 1 aromatic carbocycles. The number of pyridine rings is 1. The summed E-state index contributed by atoms with van der Waals surface area (Å²) in [5, 5.41) is 0. The third-order valence-electron chi connectivity index (χ3n) is 3.12. The normalized spacial score (nSPS) is 14.2. The molecular weight excluding hydrogens is 259 g/mol. The number of ether oxygens (including phenoxy) is 1. The lowest BCUT2D eigenvalue weighted by atomic mass is 10.2. The SMILES string of the molecule is O=C(c1cccc(F)n1)N1CCCOc2ccccc21. The predicted octanol–water partition coefficient (Wildman–Crippen LogP) is 2.65. The standard InChI is InChI=1S/C15H13FN2O2/c16-14-8-3-5-11(17-14)15(19)18-9-4-10-20-13-7-2-1-6-12(13)18/h1-3,5-8H,4,9-10H2. The number of fused-ring (bicyclic) bond motifs is 1. The number of hydrogen-bond donors (Lipinski definition) is 0. The molecule has 1 aliphatic heterocycles. The summed E-state index contributed by atoms with van der Waals surface area (Å²) >= 11 is 0. The van der Waals surface area contributed by atoms with Crippen LogP contribution < -0.4 is 9.64 Å². The van der Waals surface area contributed by atoms with Gasteiger partial charge in [-0.1, -0.05) is 18.2 Å². The third kappa shape index (κ3) is 2.34. The summed E-state index contributed by atoms with van der Waals surface area (Å²) < 4.78 is 18.8. The quantitative estimate of drug-likeness (QED) is 0.749. The molecule has 0 unspecified atom stereocenters. The molecule has 0 bridgehead atoms. The number of nitrogens with zero attached hydrogens (tertiary/aromatic N) is 2. The predicted molar refractivity (Wildman–Crippen MR) is 72.4 cm³/mol. The van der Waals surface area contributed by atoms with E-state index >= 15 is 0 Å². The zero-order valence-electron chi connectivity index (χ0n) is 10.8. The maximum absolute atomic E-state index is 13.2. The number of anilines is 1. The van der Waals surface area contributed by atoms with Crippen molar-refractivity contribution in [2.45, 2.75) is 6.42 Å². The lowest BCUT2D eigenvalue weighted by Crippen LogP contribution is -2.32. The Kier molecular flexibility index (Phi) is 3.33. The second-order valence-electron chi connectivity index (χ2n) is 4.47. The highest BCUT2D eigenvalue weighted by Gasteiger charge is 2.23. The van der Waals surface area contributed by atoms with E-state index in [4.69, 9.17) is 4.74 Å². The number of para-hydroxylation sites is 2. The molecule has 0 fully saturated rings. The van der Waals surface area contributed by atoms with E-state index in [2.05, 4.69) is 4.98 Å². The average molecular weight is 272 g/mol. The van der Waals surface area contributed by atoms with Crippen LogP contribution in [0.1, 0.15) is 16.9 Å². The number of rotatable bonds is 1. The fourth-order valence-electron chi connectivity index (χ4n) is 2.20. The number of carbonyl (C=O) groups excluding carboxylic acids is 1. The fourth-order valence-corrected chi connectivity index (χ4v) is 2.20. The van der Waals surface area contributed by atoms with Crippen LogP contribution in [0.25, 0.3) is 0 Å². The molecule has 3 rings (SSSR count). The first kappa shape index (κ1) is 12.6. The van der Waals surface area contributed by atoms with Gasteiger partial charge >= 0.3 is 0 Å². The summed E-state index contributed by atoms with van der Waals surface area (Å²) in [5.74, 6) is -0.313. The molecule has 1 aliphatic rings. The molecule has 5 heteroatoms. The number of hydrogen-bond acceptors (Lipinski definition) is 3. The maximum Gasteiger partial charge on any atom is 0.277 e. The Balaban J connectivity index is 1.99. The van der Waals surface area contributed by atoms with Crippen molar-refractivity contribution in [3.63, 3.8) is 0 Å². The Morgan fingerprint density at radius 3 is 2.90 bits per heavy atom. The first-order valence-corrected chi connectivity index (χ1v) is 6.42. The molecule has 2 heterocycles. The Hall–Kier alpha value is -2.43. The Morgan fingerprint density at radius 1 is 1.20 bits per heavy atom. The highest BCUT2D eigenvalue weighted by atomic mass is 19.1. The number of aromatic nitrogens is 1. The molecule has 0 radical (unpaired) electrons. The van der Waals surface area contributed by atoms with Gasteiger partial charge in [-0.2, -0.15) is 4.39 Å².